The molecule has 0 bridgehead atoms. The molecule has 0 spiro atoms. The van der Waals surface area contributed by atoms with Gasteiger partial charge in [-0.05, 0) is 18.9 Å². The van der Waals surface area contributed by atoms with Gasteiger partial charge in [0.25, 0.3) is 0 Å². The Morgan fingerprint density at radius 3 is 3.06 bits per heavy atom. The summed E-state index contributed by atoms with van der Waals surface area (Å²) in [6.07, 6.45) is 1.96. The number of nitrogen functional groups attached to an aromatic ring is 1. The van der Waals surface area contributed by atoms with E-state index in [4.69, 9.17) is 22.1 Å². The molecule has 4 nitrogen and oxygen atoms in total. The molecule has 2 N–H and O–H groups in total. The fourth-order valence-corrected chi connectivity index (χ4v) is 2.58. The van der Waals surface area contributed by atoms with E-state index >= 15 is 0 Å². The summed E-state index contributed by atoms with van der Waals surface area (Å²) in [5, 5.41) is 0.0837. The lowest BCUT2D eigenvalue weighted by Crippen LogP contribution is -2.22. The molecule has 0 amide bonds. The first-order valence-corrected chi connectivity index (χ1v) is 6.25. The van der Waals surface area contributed by atoms with Gasteiger partial charge in [-0.2, -0.15) is 0 Å². The molecule has 0 saturated carbocycles. The topological polar surface area (TPSA) is 53.1 Å². The van der Waals surface area contributed by atoms with E-state index < -0.39 is 5.82 Å². The molecule has 2 heterocycles. The number of nitrogens with two attached hydrogens (primary N) is 1. The van der Waals surface area contributed by atoms with Gasteiger partial charge in [0, 0.05) is 12.7 Å². The molecule has 1 saturated heterocycles. The van der Waals surface area contributed by atoms with Crippen LogP contribution in [0.15, 0.2) is 12.1 Å². The van der Waals surface area contributed by atoms with Crippen molar-refractivity contribution < 1.29 is 9.13 Å². The van der Waals surface area contributed by atoms with Crippen molar-refractivity contribution in [3.63, 3.8) is 0 Å². The Morgan fingerprint density at radius 1 is 1.50 bits per heavy atom. The van der Waals surface area contributed by atoms with Crippen molar-refractivity contribution in [2.24, 2.45) is 0 Å². The smallest absolute Gasteiger partial charge is 0.201 e. The number of imidazole rings is 1. The fourth-order valence-electron chi connectivity index (χ4n) is 2.42. The van der Waals surface area contributed by atoms with Crippen LogP contribution in [0.4, 0.5) is 10.3 Å². The number of aromatic nitrogens is 2. The zero-order chi connectivity index (χ0) is 12.7. The number of rotatable bonds is 1. The second-order valence-corrected chi connectivity index (χ2v) is 4.87. The predicted molar refractivity (Wildman–Crippen MR) is 68.2 cm³/mol. The molecule has 0 radical (unpaired) electrons. The molecule has 3 rings (SSSR count). The number of hydrogen-bond acceptors (Lipinski definition) is 3. The van der Waals surface area contributed by atoms with Crippen LogP contribution in [-0.2, 0) is 4.74 Å². The van der Waals surface area contributed by atoms with Crippen molar-refractivity contribution in [3.05, 3.63) is 23.0 Å². The van der Waals surface area contributed by atoms with Gasteiger partial charge in [0.2, 0.25) is 5.95 Å². The van der Waals surface area contributed by atoms with Crippen LogP contribution < -0.4 is 5.73 Å². The number of anilines is 1. The third-order valence-electron chi connectivity index (χ3n) is 3.26. The number of nitrogens with zero attached hydrogens (tertiary/aromatic N) is 2. The molecule has 96 valence electrons. The summed E-state index contributed by atoms with van der Waals surface area (Å²) in [4.78, 5) is 4.18. The summed E-state index contributed by atoms with van der Waals surface area (Å²) in [5.41, 5.74) is 7.20. The van der Waals surface area contributed by atoms with E-state index in [-0.39, 0.29) is 11.1 Å². The number of ether oxygens (including phenoxy) is 1. The number of fused-ring (bicyclic) bond motifs is 1. The second kappa shape index (κ2) is 4.40. The van der Waals surface area contributed by atoms with Gasteiger partial charge in [0.05, 0.1) is 28.7 Å². The maximum Gasteiger partial charge on any atom is 0.201 e. The van der Waals surface area contributed by atoms with Crippen molar-refractivity contribution in [1.82, 2.24) is 9.55 Å². The van der Waals surface area contributed by atoms with Crippen LogP contribution in [0.2, 0.25) is 5.02 Å². The Labute approximate surface area is 108 Å². The Bertz CT molecular complexity index is 593. The SMILES string of the molecule is Nc1nc2cc(F)c(Cl)cc2n1C1CCCOC1. The summed E-state index contributed by atoms with van der Waals surface area (Å²) < 4.78 is 20.7. The van der Waals surface area contributed by atoms with Gasteiger partial charge in [-0.1, -0.05) is 11.6 Å². The van der Waals surface area contributed by atoms with Crippen LogP contribution in [0.25, 0.3) is 11.0 Å². The van der Waals surface area contributed by atoms with Gasteiger partial charge >= 0.3 is 0 Å². The van der Waals surface area contributed by atoms with Crippen molar-refractivity contribution >= 4 is 28.6 Å². The molecule has 18 heavy (non-hydrogen) atoms. The van der Waals surface area contributed by atoms with Gasteiger partial charge in [-0.3, -0.25) is 0 Å². The molecule has 1 atom stereocenters. The normalized spacial score (nSPS) is 20.4. The minimum absolute atomic E-state index is 0.0837. The van der Waals surface area contributed by atoms with Crippen LogP contribution in [0, 0.1) is 5.82 Å². The lowest BCUT2D eigenvalue weighted by atomic mass is 10.1. The van der Waals surface area contributed by atoms with Crippen LogP contribution in [0.3, 0.4) is 0 Å². The van der Waals surface area contributed by atoms with Crippen LogP contribution in [0.1, 0.15) is 18.9 Å². The molecular weight excluding hydrogens is 257 g/mol. The van der Waals surface area contributed by atoms with Gasteiger partial charge in [-0.15, -0.1) is 0 Å². The molecule has 1 unspecified atom stereocenters. The van der Waals surface area contributed by atoms with Crippen molar-refractivity contribution in [3.8, 4) is 0 Å². The van der Waals surface area contributed by atoms with E-state index in [2.05, 4.69) is 4.98 Å². The zero-order valence-corrected chi connectivity index (χ0v) is 10.5. The van der Waals surface area contributed by atoms with Crippen LogP contribution in [-0.4, -0.2) is 22.8 Å². The highest BCUT2D eigenvalue weighted by Crippen LogP contribution is 2.30. The minimum atomic E-state index is -0.478. The Morgan fingerprint density at radius 2 is 2.33 bits per heavy atom. The average Bonchev–Trinajstić information content (AvgIpc) is 2.66. The van der Waals surface area contributed by atoms with Crippen molar-refractivity contribution in [2.45, 2.75) is 18.9 Å². The molecule has 6 heteroatoms. The monoisotopic (exact) mass is 269 g/mol. The maximum atomic E-state index is 13.4. The van der Waals surface area contributed by atoms with E-state index in [0.717, 1.165) is 25.0 Å². The number of halogens is 2. The van der Waals surface area contributed by atoms with Crippen LogP contribution >= 0.6 is 11.6 Å². The standard InChI is InChI=1S/C12H13ClFN3O/c13-8-4-11-10(5-9(8)14)16-12(15)17(11)7-2-1-3-18-6-7/h4-5,7H,1-3,6H2,(H2,15,16). The third kappa shape index (κ3) is 1.83. The zero-order valence-electron chi connectivity index (χ0n) is 9.70. The highest BCUT2D eigenvalue weighted by molar-refractivity contribution is 6.31. The molecule has 2 aromatic rings. The first kappa shape index (κ1) is 11.7. The second-order valence-electron chi connectivity index (χ2n) is 4.47. The first-order valence-electron chi connectivity index (χ1n) is 5.87. The molecule has 1 aromatic heterocycles. The predicted octanol–water partition coefficient (Wildman–Crippen LogP) is 2.76. The van der Waals surface area contributed by atoms with E-state index in [1.807, 2.05) is 4.57 Å². The lowest BCUT2D eigenvalue weighted by molar-refractivity contribution is 0.0611. The van der Waals surface area contributed by atoms with Crippen LogP contribution in [0.5, 0.6) is 0 Å². The molecular formula is C12H13ClFN3O. The number of hydrogen-bond donors (Lipinski definition) is 1. The first-order chi connectivity index (χ1) is 8.66. The largest absolute Gasteiger partial charge is 0.379 e. The summed E-state index contributed by atoms with van der Waals surface area (Å²) in [6, 6.07) is 3.03. The molecule has 1 aliphatic rings. The summed E-state index contributed by atoms with van der Waals surface area (Å²) in [5.74, 6) is -0.101. The quantitative estimate of drug-likeness (QED) is 0.866. The van der Waals surface area contributed by atoms with E-state index in [0.29, 0.717) is 18.1 Å². The fraction of sp³-hybridized carbons (Fsp3) is 0.417. The molecule has 0 aliphatic carbocycles. The summed E-state index contributed by atoms with van der Waals surface area (Å²) in [6.45, 7) is 1.38. The Kier molecular flexibility index (Phi) is 2.87. The average molecular weight is 270 g/mol. The maximum absolute atomic E-state index is 13.4. The molecule has 1 aliphatic heterocycles. The van der Waals surface area contributed by atoms with Gasteiger partial charge in [0.1, 0.15) is 5.82 Å². The molecule has 1 aromatic carbocycles. The Hall–Kier alpha value is -1.33. The lowest BCUT2D eigenvalue weighted by Gasteiger charge is -2.24. The highest BCUT2D eigenvalue weighted by Gasteiger charge is 2.21. The van der Waals surface area contributed by atoms with Gasteiger partial charge in [0.15, 0.2) is 0 Å². The minimum Gasteiger partial charge on any atom is -0.379 e. The van der Waals surface area contributed by atoms with Crippen molar-refractivity contribution in [1.29, 1.82) is 0 Å². The number of benzene rings is 1. The molecule has 1 fully saturated rings. The van der Waals surface area contributed by atoms with Gasteiger partial charge < -0.3 is 15.0 Å². The highest BCUT2D eigenvalue weighted by atomic mass is 35.5. The third-order valence-corrected chi connectivity index (χ3v) is 3.55. The van der Waals surface area contributed by atoms with Gasteiger partial charge in [-0.25, -0.2) is 9.37 Å². The summed E-state index contributed by atoms with van der Waals surface area (Å²) >= 11 is 5.82. The van der Waals surface area contributed by atoms with E-state index in [9.17, 15) is 4.39 Å². The summed E-state index contributed by atoms with van der Waals surface area (Å²) in [7, 11) is 0. The van der Waals surface area contributed by atoms with Crippen molar-refractivity contribution in [2.75, 3.05) is 18.9 Å². The van der Waals surface area contributed by atoms with E-state index in [1.54, 1.807) is 6.07 Å². The van der Waals surface area contributed by atoms with E-state index in [1.165, 1.54) is 6.07 Å². The Balaban J connectivity index is 2.15.